The zero-order valence-electron chi connectivity index (χ0n) is 23.8. The number of esters is 1. The highest BCUT2D eigenvalue weighted by Crippen LogP contribution is 2.52. The number of benzene rings is 2. The number of nitrogens with zero attached hydrogens (tertiary/aromatic N) is 1. The summed E-state index contributed by atoms with van der Waals surface area (Å²) in [7, 11) is 0. The van der Waals surface area contributed by atoms with Crippen LogP contribution in [0.25, 0.3) is 0 Å². The zero-order valence-corrected chi connectivity index (χ0v) is 24.5. The van der Waals surface area contributed by atoms with Gasteiger partial charge >= 0.3 is 5.97 Å². The summed E-state index contributed by atoms with van der Waals surface area (Å²) in [4.78, 5) is 15.5. The van der Waals surface area contributed by atoms with Gasteiger partial charge in [-0.15, -0.1) is 6.58 Å². The third kappa shape index (κ3) is 5.45. The van der Waals surface area contributed by atoms with Gasteiger partial charge in [-0.2, -0.15) is 0 Å². The Morgan fingerprint density at radius 1 is 1.28 bits per heavy atom. The first kappa shape index (κ1) is 28.0. The molecule has 0 aromatic heterocycles. The molecule has 4 atom stereocenters. The fourth-order valence-electron chi connectivity index (χ4n) is 6.81. The fraction of sp³-hybridized carbons (Fsp3) is 0.545. The second-order valence-electron chi connectivity index (χ2n) is 13.1. The second-order valence-corrected chi connectivity index (χ2v) is 13.5. The molecule has 0 radical (unpaired) electrons. The molecule has 5 rings (SSSR count). The maximum Gasteiger partial charge on any atom is 0.338 e. The van der Waals surface area contributed by atoms with E-state index in [0.717, 1.165) is 61.7 Å². The van der Waals surface area contributed by atoms with E-state index < -0.39 is 11.7 Å². The van der Waals surface area contributed by atoms with Crippen LogP contribution in [0.15, 0.2) is 49.1 Å². The molecule has 1 heterocycles. The molecule has 2 aliphatic carbocycles. The van der Waals surface area contributed by atoms with E-state index in [1.807, 2.05) is 45.0 Å². The SMILES string of the molecule is C=CCC(O)[C@@]1(C)CC[C@@H]1CN1C[C@@]2(CCCc3cc(Cl)ccc32)COc2ccc(C(=O)OC(C)(C)C)cc21. The van der Waals surface area contributed by atoms with Crippen LogP contribution in [-0.2, 0) is 16.6 Å². The molecule has 0 bridgehead atoms. The minimum absolute atomic E-state index is 0.171. The van der Waals surface area contributed by atoms with Crippen LogP contribution in [0.2, 0.25) is 5.02 Å². The summed E-state index contributed by atoms with van der Waals surface area (Å²) < 4.78 is 12.3. The van der Waals surface area contributed by atoms with E-state index in [0.29, 0.717) is 24.5 Å². The number of carbonyl (C=O) groups excluding carboxylic acids is 1. The monoisotopic (exact) mass is 551 g/mol. The molecule has 3 aliphatic rings. The fourth-order valence-corrected chi connectivity index (χ4v) is 7.01. The van der Waals surface area contributed by atoms with Crippen LogP contribution in [-0.4, -0.2) is 42.5 Å². The molecule has 1 fully saturated rings. The van der Waals surface area contributed by atoms with E-state index in [-0.39, 0.29) is 16.8 Å². The Bertz CT molecular complexity index is 1250. The number of fused-ring (bicyclic) bond motifs is 3. The van der Waals surface area contributed by atoms with Crippen molar-refractivity contribution in [1.82, 2.24) is 0 Å². The van der Waals surface area contributed by atoms with Gasteiger partial charge in [0.05, 0.1) is 24.0 Å². The van der Waals surface area contributed by atoms with Crippen molar-refractivity contribution in [2.75, 3.05) is 24.6 Å². The topological polar surface area (TPSA) is 59.0 Å². The van der Waals surface area contributed by atoms with Crippen LogP contribution < -0.4 is 9.64 Å². The van der Waals surface area contributed by atoms with Crippen molar-refractivity contribution >= 4 is 23.3 Å². The minimum atomic E-state index is -0.577. The summed E-state index contributed by atoms with van der Waals surface area (Å²) in [5.41, 5.74) is 3.11. The predicted molar refractivity (Wildman–Crippen MR) is 157 cm³/mol. The third-order valence-corrected chi connectivity index (χ3v) is 9.46. The molecular weight excluding hydrogens is 510 g/mol. The van der Waals surface area contributed by atoms with E-state index in [1.54, 1.807) is 6.07 Å². The van der Waals surface area contributed by atoms with E-state index in [2.05, 4.69) is 30.5 Å². The van der Waals surface area contributed by atoms with Gasteiger partial charge in [0.1, 0.15) is 11.4 Å². The average Bonchev–Trinajstić information content (AvgIpc) is 3.02. The molecule has 1 N–H and O–H groups in total. The van der Waals surface area contributed by atoms with Crippen molar-refractivity contribution in [3.8, 4) is 5.75 Å². The van der Waals surface area contributed by atoms with Crippen LogP contribution in [0.5, 0.6) is 5.75 Å². The number of aliphatic hydroxyl groups is 1. The summed E-state index contributed by atoms with van der Waals surface area (Å²) >= 11 is 6.40. The van der Waals surface area contributed by atoms with Crippen molar-refractivity contribution in [3.05, 3.63) is 70.8 Å². The Labute approximate surface area is 238 Å². The van der Waals surface area contributed by atoms with Gasteiger partial charge in [-0.1, -0.05) is 30.7 Å². The highest BCUT2D eigenvalue weighted by atomic mass is 35.5. The summed E-state index contributed by atoms with van der Waals surface area (Å²) in [5.74, 6) is 0.763. The summed E-state index contributed by atoms with van der Waals surface area (Å²) in [6.07, 6.45) is 7.14. The number of carbonyl (C=O) groups is 1. The van der Waals surface area contributed by atoms with Gasteiger partial charge in [0, 0.05) is 23.5 Å². The average molecular weight is 552 g/mol. The maximum atomic E-state index is 13.0. The molecule has 210 valence electrons. The van der Waals surface area contributed by atoms with Gasteiger partial charge < -0.3 is 19.5 Å². The molecule has 39 heavy (non-hydrogen) atoms. The molecule has 5 nitrogen and oxygen atoms in total. The van der Waals surface area contributed by atoms with Gasteiger partial charge in [0.2, 0.25) is 0 Å². The molecule has 0 amide bonds. The Kier molecular flexibility index (Phi) is 7.54. The lowest BCUT2D eigenvalue weighted by Crippen LogP contribution is -2.53. The van der Waals surface area contributed by atoms with Crippen LogP contribution in [0.4, 0.5) is 5.69 Å². The molecule has 2 aromatic rings. The number of aryl methyl sites for hydroxylation is 1. The Morgan fingerprint density at radius 2 is 2.08 bits per heavy atom. The Morgan fingerprint density at radius 3 is 2.77 bits per heavy atom. The lowest BCUT2D eigenvalue weighted by molar-refractivity contribution is -0.0695. The Balaban J connectivity index is 1.54. The van der Waals surface area contributed by atoms with Crippen LogP contribution >= 0.6 is 11.6 Å². The highest BCUT2D eigenvalue weighted by Gasteiger charge is 2.49. The number of anilines is 1. The lowest BCUT2D eigenvalue weighted by atomic mass is 9.57. The first-order valence-corrected chi connectivity index (χ1v) is 14.6. The number of hydrogen-bond acceptors (Lipinski definition) is 5. The third-order valence-electron chi connectivity index (χ3n) is 9.23. The molecular formula is C33H42ClNO4. The van der Waals surface area contributed by atoms with Crippen molar-refractivity contribution < 1.29 is 19.4 Å². The number of ether oxygens (including phenoxy) is 2. The van der Waals surface area contributed by atoms with E-state index in [9.17, 15) is 9.90 Å². The van der Waals surface area contributed by atoms with Gasteiger partial charge in [0.15, 0.2) is 0 Å². The van der Waals surface area contributed by atoms with Crippen molar-refractivity contribution in [1.29, 1.82) is 0 Å². The minimum Gasteiger partial charge on any atom is -0.490 e. The molecule has 1 unspecified atom stereocenters. The molecule has 1 saturated carbocycles. The van der Waals surface area contributed by atoms with E-state index in [1.165, 1.54) is 11.1 Å². The highest BCUT2D eigenvalue weighted by molar-refractivity contribution is 6.30. The van der Waals surface area contributed by atoms with Crippen LogP contribution in [0.1, 0.15) is 81.3 Å². The second kappa shape index (κ2) is 10.5. The van der Waals surface area contributed by atoms with Gasteiger partial charge in [-0.05, 0) is 112 Å². The predicted octanol–water partition coefficient (Wildman–Crippen LogP) is 7.12. The first-order chi connectivity index (χ1) is 18.4. The first-order valence-electron chi connectivity index (χ1n) is 14.3. The molecule has 2 aromatic carbocycles. The molecule has 1 spiro atoms. The van der Waals surface area contributed by atoms with Gasteiger partial charge in [-0.25, -0.2) is 4.79 Å². The van der Waals surface area contributed by atoms with E-state index in [4.69, 9.17) is 21.1 Å². The van der Waals surface area contributed by atoms with Gasteiger partial charge in [0.25, 0.3) is 0 Å². The Hall–Kier alpha value is -2.50. The van der Waals surface area contributed by atoms with Crippen molar-refractivity contribution in [2.24, 2.45) is 11.3 Å². The summed E-state index contributed by atoms with van der Waals surface area (Å²) in [5, 5.41) is 11.8. The van der Waals surface area contributed by atoms with Crippen molar-refractivity contribution in [2.45, 2.75) is 83.3 Å². The van der Waals surface area contributed by atoms with Crippen molar-refractivity contribution in [3.63, 3.8) is 0 Å². The largest absolute Gasteiger partial charge is 0.490 e. The maximum absolute atomic E-state index is 13.0. The van der Waals surface area contributed by atoms with Crippen LogP contribution in [0.3, 0.4) is 0 Å². The number of aliphatic hydroxyl groups excluding tert-OH is 1. The summed E-state index contributed by atoms with van der Waals surface area (Å²) in [6.45, 7) is 13.8. The number of hydrogen-bond donors (Lipinski definition) is 1. The van der Waals surface area contributed by atoms with E-state index >= 15 is 0 Å². The summed E-state index contributed by atoms with van der Waals surface area (Å²) in [6, 6.07) is 11.9. The smallest absolute Gasteiger partial charge is 0.338 e. The normalized spacial score (nSPS) is 26.9. The number of rotatable bonds is 6. The zero-order chi connectivity index (χ0) is 28.0. The lowest BCUT2D eigenvalue weighted by Gasteiger charge is -2.52. The standard InChI is InChI=1S/C33H42ClNO4/c1-6-8-29(36)32(5)16-14-24(32)19-35-20-33(15-7-9-22-17-25(34)11-12-26(22)33)21-38-28-13-10-23(18-27(28)35)30(37)39-31(2,3)4/h6,10-13,17-18,24,29,36H,1,7-9,14-16,19-21H2,2-5H3/t24-,29?,32+,33+/m1/s1. The quantitative estimate of drug-likeness (QED) is 0.306. The van der Waals surface area contributed by atoms with Crippen LogP contribution in [0, 0.1) is 11.3 Å². The number of halogens is 1. The molecule has 0 saturated heterocycles. The molecule has 1 aliphatic heterocycles. The van der Waals surface area contributed by atoms with Gasteiger partial charge in [-0.3, -0.25) is 0 Å². The molecule has 6 heteroatoms.